The van der Waals surface area contributed by atoms with Gasteiger partial charge >= 0.3 is 6.18 Å². The highest BCUT2D eigenvalue weighted by Crippen LogP contribution is 2.31. The lowest BCUT2D eigenvalue weighted by Gasteiger charge is -2.11. The molecule has 0 radical (unpaired) electrons. The molecule has 0 spiro atoms. The number of hydrogen-bond donors (Lipinski definition) is 0. The smallest absolute Gasteiger partial charge is 0.416 e. The summed E-state index contributed by atoms with van der Waals surface area (Å²) in [6, 6.07) is 8.56. The molecule has 3 aromatic rings. The van der Waals surface area contributed by atoms with Crippen LogP contribution in [0.4, 0.5) is 13.2 Å². The van der Waals surface area contributed by atoms with Crippen molar-refractivity contribution in [2.45, 2.75) is 6.18 Å². The molecule has 1 aromatic heterocycles. The van der Waals surface area contributed by atoms with Crippen LogP contribution in [-0.4, -0.2) is 26.2 Å². The van der Waals surface area contributed by atoms with E-state index in [1.165, 1.54) is 35.3 Å². The molecule has 0 aliphatic carbocycles. The number of benzene rings is 2. The lowest BCUT2D eigenvalue weighted by Crippen LogP contribution is -2.22. The highest BCUT2D eigenvalue weighted by atomic mass is 19.4. The average Bonchev–Trinajstić information content (AvgIpc) is 3.08. The predicted molar refractivity (Wildman–Crippen MR) is 73.9 cm³/mol. The first kappa shape index (κ1) is 15.7. The van der Waals surface area contributed by atoms with E-state index in [9.17, 15) is 23.1 Å². The van der Waals surface area contributed by atoms with Crippen molar-refractivity contribution in [2.75, 3.05) is 0 Å². The predicted octanol–water partition coefficient (Wildman–Crippen LogP) is 1.71. The van der Waals surface area contributed by atoms with E-state index in [1.807, 2.05) is 0 Å². The van der Waals surface area contributed by atoms with Gasteiger partial charge in [0, 0.05) is 0 Å². The maximum atomic E-state index is 12.6. The van der Waals surface area contributed by atoms with Crippen LogP contribution in [0.3, 0.4) is 0 Å². The largest absolute Gasteiger partial charge is 0.545 e. The number of aromatic carboxylic acids is 1. The number of alkyl halides is 3. The summed E-state index contributed by atoms with van der Waals surface area (Å²) in [6.45, 7) is 0. The minimum absolute atomic E-state index is 0.141. The number of carbonyl (C=O) groups is 1. The van der Waals surface area contributed by atoms with Crippen molar-refractivity contribution in [3.63, 3.8) is 0 Å². The van der Waals surface area contributed by atoms with Gasteiger partial charge in [0.1, 0.15) is 6.33 Å². The van der Waals surface area contributed by atoms with E-state index in [0.29, 0.717) is 16.8 Å². The van der Waals surface area contributed by atoms with Crippen LogP contribution >= 0.6 is 0 Å². The second-order valence-corrected chi connectivity index (χ2v) is 4.89. The number of carbonyl (C=O) groups excluding carboxylic acids is 1. The Morgan fingerprint density at radius 1 is 1.04 bits per heavy atom. The fourth-order valence-corrected chi connectivity index (χ4v) is 2.16. The van der Waals surface area contributed by atoms with Crippen molar-refractivity contribution < 1.29 is 23.1 Å². The van der Waals surface area contributed by atoms with E-state index in [0.717, 1.165) is 12.1 Å². The summed E-state index contributed by atoms with van der Waals surface area (Å²) in [5.74, 6) is -1.42. The third kappa shape index (κ3) is 3.09. The third-order valence-corrected chi connectivity index (χ3v) is 3.31. The zero-order valence-corrected chi connectivity index (χ0v) is 11.9. The molecule has 9 heteroatoms. The van der Waals surface area contributed by atoms with E-state index in [-0.39, 0.29) is 5.56 Å². The molecule has 122 valence electrons. The first-order valence-corrected chi connectivity index (χ1v) is 6.62. The molecule has 1 heterocycles. The molecular weight excluding hydrogens is 325 g/mol. The second-order valence-electron chi connectivity index (χ2n) is 4.89. The van der Waals surface area contributed by atoms with Crippen LogP contribution in [0.5, 0.6) is 0 Å². The Kier molecular flexibility index (Phi) is 3.76. The highest BCUT2D eigenvalue weighted by Gasteiger charge is 2.29. The molecule has 6 nitrogen and oxygen atoms in total. The molecule has 0 saturated heterocycles. The van der Waals surface area contributed by atoms with Crippen molar-refractivity contribution in [3.05, 3.63) is 59.9 Å². The van der Waals surface area contributed by atoms with E-state index in [2.05, 4.69) is 15.5 Å². The lowest BCUT2D eigenvalue weighted by molar-refractivity contribution is -0.255. The standard InChI is InChI=1S/C15H9F3N4O2/c16-15(17,18)12-3-1-9(2-4-12)10-5-11(14(23)24)7-13(6-10)22-8-19-20-21-22/h1-8H,(H,23,24)/p-1. The van der Waals surface area contributed by atoms with Crippen LogP contribution in [0.15, 0.2) is 48.8 Å². The summed E-state index contributed by atoms with van der Waals surface area (Å²) in [5, 5.41) is 21.7. The molecule has 0 amide bonds. The van der Waals surface area contributed by atoms with Crippen LogP contribution in [0.1, 0.15) is 15.9 Å². The van der Waals surface area contributed by atoms with Gasteiger partial charge in [-0.15, -0.1) is 5.10 Å². The van der Waals surface area contributed by atoms with Gasteiger partial charge in [0.25, 0.3) is 0 Å². The van der Waals surface area contributed by atoms with Gasteiger partial charge in [0.05, 0.1) is 17.2 Å². The molecule has 0 bridgehead atoms. The topological polar surface area (TPSA) is 83.7 Å². The number of aromatic nitrogens is 4. The van der Waals surface area contributed by atoms with E-state index in [4.69, 9.17) is 0 Å². The molecular formula is C15H8F3N4O2-. The molecule has 0 aliphatic heterocycles. The molecule has 0 aliphatic rings. The minimum atomic E-state index is -4.44. The quantitative estimate of drug-likeness (QED) is 0.729. The molecule has 0 unspecified atom stereocenters. The molecule has 0 fully saturated rings. The van der Waals surface area contributed by atoms with E-state index < -0.39 is 17.7 Å². The van der Waals surface area contributed by atoms with Crippen molar-refractivity contribution in [2.24, 2.45) is 0 Å². The molecule has 0 saturated carbocycles. The number of hydrogen-bond acceptors (Lipinski definition) is 5. The lowest BCUT2D eigenvalue weighted by atomic mass is 10.0. The van der Waals surface area contributed by atoms with Gasteiger partial charge in [-0.05, 0) is 57.4 Å². The number of carboxylic acid groups (broad SMARTS) is 1. The number of nitrogens with zero attached hydrogens (tertiary/aromatic N) is 4. The minimum Gasteiger partial charge on any atom is -0.545 e. The Hall–Kier alpha value is -3.23. The summed E-state index contributed by atoms with van der Waals surface area (Å²) in [4.78, 5) is 11.2. The Morgan fingerprint density at radius 2 is 1.75 bits per heavy atom. The molecule has 3 rings (SSSR count). The maximum absolute atomic E-state index is 12.6. The van der Waals surface area contributed by atoms with Crippen LogP contribution < -0.4 is 5.11 Å². The van der Waals surface area contributed by atoms with Crippen molar-refractivity contribution >= 4 is 5.97 Å². The van der Waals surface area contributed by atoms with Gasteiger partial charge in [-0.2, -0.15) is 13.2 Å². The fourth-order valence-electron chi connectivity index (χ4n) is 2.16. The SMILES string of the molecule is O=C([O-])c1cc(-c2ccc(C(F)(F)F)cc2)cc(-n2cnnn2)c1. The van der Waals surface area contributed by atoms with Crippen LogP contribution in [0.25, 0.3) is 16.8 Å². The fraction of sp³-hybridized carbons (Fsp3) is 0.0667. The molecule has 2 aromatic carbocycles. The zero-order chi connectivity index (χ0) is 17.3. The summed E-state index contributed by atoms with van der Waals surface area (Å²) in [7, 11) is 0. The summed E-state index contributed by atoms with van der Waals surface area (Å²) in [5.41, 5.74) is 0.230. The third-order valence-electron chi connectivity index (χ3n) is 3.31. The van der Waals surface area contributed by atoms with Crippen molar-refractivity contribution in [1.82, 2.24) is 20.2 Å². The molecule has 0 atom stereocenters. The summed E-state index contributed by atoms with van der Waals surface area (Å²) < 4.78 is 39.1. The van der Waals surface area contributed by atoms with Gasteiger partial charge in [0.15, 0.2) is 0 Å². The molecule has 24 heavy (non-hydrogen) atoms. The number of tetrazole rings is 1. The monoisotopic (exact) mass is 333 g/mol. The number of rotatable bonds is 3. The Balaban J connectivity index is 2.08. The van der Waals surface area contributed by atoms with Crippen LogP contribution in [-0.2, 0) is 6.18 Å². The second kappa shape index (κ2) is 5.76. The van der Waals surface area contributed by atoms with Gasteiger partial charge in [-0.25, -0.2) is 4.68 Å². The summed E-state index contributed by atoms with van der Waals surface area (Å²) in [6.07, 6.45) is -3.17. The zero-order valence-electron chi connectivity index (χ0n) is 11.9. The molecule has 0 N–H and O–H groups in total. The average molecular weight is 333 g/mol. The Morgan fingerprint density at radius 3 is 2.29 bits per heavy atom. The first-order valence-electron chi connectivity index (χ1n) is 6.62. The Bertz CT molecular complexity index is 875. The van der Waals surface area contributed by atoms with E-state index in [1.54, 1.807) is 6.07 Å². The Labute approximate surface area is 133 Å². The summed E-state index contributed by atoms with van der Waals surface area (Å²) >= 11 is 0. The maximum Gasteiger partial charge on any atom is 0.416 e. The van der Waals surface area contributed by atoms with Gasteiger partial charge in [-0.1, -0.05) is 12.1 Å². The van der Waals surface area contributed by atoms with E-state index >= 15 is 0 Å². The number of carboxylic acids is 1. The number of halogens is 3. The van der Waals surface area contributed by atoms with Crippen LogP contribution in [0.2, 0.25) is 0 Å². The van der Waals surface area contributed by atoms with Gasteiger partial charge in [-0.3, -0.25) is 0 Å². The highest BCUT2D eigenvalue weighted by molar-refractivity contribution is 5.89. The van der Waals surface area contributed by atoms with Crippen LogP contribution in [0, 0.1) is 0 Å². The normalized spacial score (nSPS) is 11.5. The van der Waals surface area contributed by atoms with Crippen molar-refractivity contribution in [1.29, 1.82) is 0 Å². The van der Waals surface area contributed by atoms with Gasteiger partial charge in [0.2, 0.25) is 0 Å². The first-order chi connectivity index (χ1) is 11.3. The van der Waals surface area contributed by atoms with Gasteiger partial charge < -0.3 is 9.90 Å². The van der Waals surface area contributed by atoms with Crippen molar-refractivity contribution in [3.8, 4) is 16.8 Å².